The van der Waals surface area contributed by atoms with Crippen LogP contribution in [-0.2, 0) is 10.0 Å². The second-order valence-corrected chi connectivity index (χ2v) is 8.80. The Morgan fingerprint density at radius 2 is 1.88 bits per heavy atom. The number of sulfonamides is 1. The van der Waals surface area contributed by atoms with E-state index in [-0.39, 0.29) is 16.9 Å². The normalized spacial score (nSPS) is 25.0. The molecule has 4 rings (SSSR count). The van der Waals surface area contributed by atoms with Crippen molar-refractivity contribution >= 4 is 31.6 Å². The number of fused-ring (bicyclic) bond motifs is 3. The lowest BCUT2D eigenvalue weighted by atomic mass is 9.77. The summed E-state index contributed by atoms with van der Waals surface area (Å²) in [5.74, 6) is 0.575. The summed E-state index contributed by atoms with van der Waals surface area (Å²) in [6, 6.07) is 13.7. The van der Waals surface area contributed by atoms with E-state index in [9.17, 15) is 8.42 Å². The Labute approximate surface area is 149 Å². The molecule has 2 aliphatic rings. The summed E-state index contributed by atoms with van der Waals surface area (Å²) in [6.07, 6.45) is 5.34. The third-order valence-corrected chi connectivity index (χ3v) is 6.33. The highest BCUT2D eigenvalue weighted by Gasteiger charge is 2.38. The lowest BCUT2D eigenvalue weighted by Gasteiger charge is -2.37. The number of halogens is 1. The van der Waals surface area contributed by atoms with E-state index in [0.29, 0.717) is 5.92 Å². The first kappa shape index (κ1) is 15.9. The second kappa shape index (κ2) is 5.72. The van der Waals surface area contributed by atoms with E-state index in [1.807, 2.05) is 18.2 Å². The maximum atomic E-state index is 11.7. The Morgan fingerprint density at radius 1 is 1.12 bits per heavy atom. The number of hydrogen-bond acceptors (Lipinski definition) is 3. The van der Waals surface area contributed by atoms with Crippen molar-refractivity contribution in [3.8, 4) is 0 Å². The van der Waals surface area contributed by atoms with Gasteiger partial charge in [0.1, 0.15) is 0 Å². The molecule has 4 nitrogen and oxygen atoms in total. The number of anilines is 1. The summed E-state index contributed by atoms with van der Waals surface area (Å²) in [6.45, 7) is 0. The third-order valence-electron chi connectivity index (χ3n) is 4.89. The fraction of sp³-hybridized carbons (Fsp3) is 0.222. The van der Waals surface area contributed by atoms with Gasteiger partial charge < -0.3 is 5.32 Å². The molecule has 0 bridgehead atoms. The summed E-state index contributed by atoms with van der Waals surface area (Å²) in [7, 11) is -3.69. The Morgan fingerprint density at radius 3 is 2.58 bits per heavy atom. The molecule has 0 saturated heterocycles. The largest absolute Gasteiger partial charge is 0.378 e. The lowest BCUT2D eigenvalue weighted by molar-refractivity contribution is 0.425. The van der Waals surface area contributed by atoms with Crippen molar-refractivity contribution in [3.63, 3.8) is 0 Å². The van der Waals surface area contributed by atoms with Gasteiger partial charge in [-0.05, 0) is 53.8 Å². The van der Waals surface area contributed by atoms with Crippen molar-refractivity contribution in [2.24, 2.45) is 11.1 Å². The van der Waals surface area contributed by atoms with Gasteiger partial charge in [0, 0.05) is 16.1 Å². The quantitative estimate of drug-likeness (QED) is 0.744. The van der Waals surface area contributed by atoms with Crippen LogP contribution >= 0.6 is 15.9 Å². The van der Waals surface area contributed by atoms with Crippen LogP contribution in [0.1, 0.15) is 29.5 Å². The first-order valence-corrected chi connectivity index (χ1v) is 10.1. The van der Waals surface area contributed by atoms with Crippen LogP contribution < -0.4 is 10.5 Å². The maximum Gasteiger partial charge on any atom is 0.238 e. The van der Waals surface area contributed by atoms with Crippen LogP contribution in [0, 0.1) is 5.92 Å². The van der Waals surface area contributed by atoms with Crippen LogP contribution in [0.4, 0.5) is 5.69 Å². The van der Waals surface area contributed by atoms with Crippen LogP contribution in [-0.4, -0.2) is 8.42 Å². The van der Waals surface area contributed by atoms with E-state index in [2.05, 4.69) is 45.5 Å². The smallest absolute Gasteiger partial charge is 0.238 e. The number of benzene rings is 2. The highest BCUT2D eigenvalue weighted by atomic mass is 79.9. The number of nitrogens with two attached hydrogens (primary N) is 1. The molecule has 24 heavy (non-hydrogen) atoms. The van der Waals surface area contributed by atoms with Gasteiger partial charge in [0.25, 0.3) is 0 Å². The first-order chi connectivity index (χ1) is 11.4. The highest BCUT2D eigenvalue weighted by Crippen LogP contribution is 2.50. The zero-order valence-corrected chi connectivity index (χ0v) is 15.2. The molecule has 124 valence electrons. The predicted octanol–water partition coefficient (Wildman–Crippen LogP) is 3.92. The molecule has 2 aromatic rings. The molecule has 1 aliphatic heterocycles. The molecule has 2 aromatic carbocycles. The molecule has 0 saturated carbocycles. The van der Waals surface area contributed by atoms with E-state index in [1.54, 1.807) is 12.1 Å². The number of rotatable bonds is 2. The summed E-state index contributed by atoms with van der Waals surface area (Å²) in [5, 5.41) is 8.88. The first-order valence-electron chi connectivity index (χ1n) is 7.79. The van der Waals surface area contributed by atoms with Crippen LogP contribution in [0.5, 0.6) is 0 Å². The number of primary sulfonamides is 1. The van der Waals surface area contributed by atoms with Crippen molar-refractivity contribution < 1.29 is 8.42 Å². The van der Waals surface area contributed by atoms with E-state index < -0.39 is 10.0 Å². The standard InChI is InChI=1S/C18H17BrN2O2S/c19-12-6-4-11(5-7-12)18-15-3-1-2-14(15)16-10-13(24(20,22)23)8-9-17(16)21-18/h1-2,4-10,14-15,18,21H,3H2,(H2,20,22,23)/t14-,15+,18+/m0/s1. The summed E-state index contributed by atoms with van der Waals surface area (Å²) in [5.41, 5.74) is 3.22. The lowest BCUT2D eigenvalue weighted by Crippen LogP contribution is -2.29. The number of allylic oxidation sites excluding steroid dienone is 2. The Hall–Kier alpha value is -1.63. The molecule has 3 N–H and O–H groups in total. The average molecular weight is 405 g/mol. The fourth-order valence-electron chi connectivity index (χ4n) is 3.75. The summed E-state index contributed by atoms with van der Waals surface area (Å²) < 4.78 is 24.4. The summed E-state index contributed by atoms with van der Waals surface area (Å²) >= 11 is 3.48. The van der Waals surface area contributed by atoms with E-state index in [0.717, 1.165) is 22.1 Å². The Bertz CT molecular complexity index is 923. The third kappa shape index (κ3) is 2.68. The number of nitrogens with one attached hydrogen (secondary N) is 1. The van der Waals surface area contributed by atoms with Gasteiger partial charge in [-0.15, -0.1) is 0 Å². The zero-order valence-electron chi connectivity index (χ0n) is 12.8. The Kier molecular flexibility index (Phi) is 3.78. The molecule has 1 heterocycles. The molecule has 0 amide bonds. The van der Waals surface area contributed by atoms with Gasteiger partial charge in [-0.2, -0.15) is 0 Å². The van der Waals surface area contributed by atoms with Crippen molar-refractivity contribution in [2.75, 3.05) is 5.32 Å². The maximum absolute atomic E-state index is 11.7. The molecular weight excluding hydrogens is 388 g/mol. The SMILES string of the molecule is NS(=O)(=O)c1ccc2c(c1)[C@H]1C=CC[C@H]1[C@@H](c1ccc(Br)cc1)N2. The van der Waals surface area contributed by atoms with Gasteiger partial charge in [-0.25, -0.2) is 13.6 Å². The fourth-order valence-corrected chi connectivity index (χ4v) is 4.56. The minimum Gasteiger partial charge on any atom is -0.378 e. The van der Waals surface area contributed by atoms with Gasteiger partial charge in [-0.3, -0.25) is 0 Å². The monoisotopic (exact) mass is 404 g/mol. The van der Waals surface area contributed by atoms with Crippen molar-refractivity contribution in [3.05, 3.63) is 70.2 Å². The van der Waals surface area contributed by atoms with Crippen molar-refractivity contribution in [1.82, 2.24) is 0 Å². The van der Waals surface area contributed by atoms with E-state index >= 15 is 0 Å². The van der Waals surface area contributed by atoms with Crippen molar-refractivity contribution in [1.29, 1.82) is 0 Å². The number of hydrogen-bond donors (Lipinski definition) is 2. The molecule has 0 aromatic heterocycles. The van der Waals surface area contributed by atoms with Crippen LogP contribution in [0.2, 0.25) is 0 Å². The molecule has 0 spiro atoms. The molecule has 0 radical (unpaired) electrons. The van der Waals surface area contributed by atoms with Gasteiger partial charge in [0.15, 0.2) is 0 Å². The zero-order chi connectivity index (χ0) is 16.9. The molecule has 0 fully saturated rings. The van der Waals surface area contributed by atoms with Gasteiger partial charge >= 0.3 is 0 Å². The highest BCUT2D eigenvalue weighted by molar-refractivity contribution is 9.10. The molecule has 6 heteroatoms. The van der Waals surface area contributed by atoms with Crippen molar-refractivity contribution in [2.45, 2.75) is 23.3 Å². The van der Waals surface area contributed by atoms with Crippen LogP contribution in [0.15, 0.2) is 64.0 Å². The molecule has 3 atom stereocenters. The topological polar surface area (TPSA) is 72.2 Å². The van der Waals surface area contributed by atoms with E-state index in [1.165, 1.54) is 5.56 Å². The molecular formula is C18H17BrN2O2S. The molecule has 0 unspecified atom stereocenters. The predicted molar refractivity (Wildman–Crippen MR) is 98.3 cm³/mol. The average Bonchev–Trinajstić information content (AvgIpc) is 3.03. The van der Waals surface area contributed by atoms with Crippen LogP contribution in [0.3, 0.4) is 0 Å². The van der Waals surface area contributed by atoms with Gasteiger partial charge in [-0.1, -0.05) is 40.2 Å². The van der Waals surface area contributed by atoms with E-state index in [4.69, 9.17) is 5.14 Å². The minimum atomic E-state index is -3.69. The summed E-state index contributed by atoms with van der Waals surface area (Å²) in [4.78, 5) is 0.171. The Balaban J connectivity index is 1.79. The molecule has 1 aliphatic carbocycles. The second-order valence-electron chi connectivity index (χ2n) is 6.32. The van der Waals surface area contributed by atoms with Crippen LogP contribution in [0.25, 0.3) is 0 Å². The van der Waals surface area contributed by atoms with Gasteiger partial charge in [0.2, 0.25) is 10.0 Å². The minimum absolute atomic E-state index is 0.171. The van der Waals surface area contributed by atoms with Gasteiger partial charge in [0.05, 0.1) is 10.9 Å².